The molecule has 0 heterocycles. The number of hydrogen-bond donors (Lipinski definition) is 1. The summed E-state index contributed by atoms with van der Waals surface area (Å²) in [6.45, 7) is 2.40. The van der Waals surface area contributed by atoms with Crippen molar-refractivity contribution in [1.29, 1.82) is 0 Å². The van der Waals surface area contributed by atoms with Crippen LogP contribution in [0.15, 0.2) is 28.7 Å². The van der Waals surface area contributed by atoms with Gasteiger partial charge in [-0.25, -0.2) is 0 Å². The van der Waals surface area contributed by atoms with E-state index in [1.807, 2.05) is 0 Å². The van der Waals surface area contributed by atoms with Crippen molar-refractivity contribution in [3.05, 3.63) is 34.3 Å². The Hall–Kier alpha value is -0.340. The molecule has 0 spiro atoms. The van der Waals surface area contributed by atoms with Crippen LogP contribution in [0.4, 0.5) is 0 Å². The van der Waals surface area contributed by atoms with Crippen molar-refractivity contribution in [3.63, 3.8) is 0 Å². The predicted molar refractivity (Wildman–Crippen MR) is 84.5 cm³/mol. The molecule has 0 bridgehead atoms. The van der Waals surface area contributed by atoms with Crippen molar-refractivity contribution in [3.8, 4) is 0 Å². The van der Waals surface area contributed by atoms with E-state index in [9.17, 15) is 0 Å². The van der Waals surface area contributed by atoms with E-state index in [2.05, 4.69) is 52.4 Å². The first-order chi connectivity index (χ1) is 9.22. The van der Waals surface area contributed by atoms with Gasteiger partial charge >= 0.3 is 0 Å². The van der Waals surface area contributed by atoms with Gasteiger partial charge in [0.2, 0.25) is 0 Å². The highest BCUT2D eigenvalue weighted by Crippen LogP contribution is 2.40. The summed E-state index contributed by atoms with van der Waals surface area (Å²) in [5.41, 5.74) is 1.50. The fourth-order valence-corrected chi connectivity index (χ4v) is 4.34. The molecule has 2 unspecified atom stereocenters. The first kappa shape index (κ1) is 13.6. The maximum Gasteiger partial charge on any atom is 0.0210 e. The molecular weight excluding hydrogens is 298 g/mol. The van der Waals surface area contributed by atoms with Crippen LogP contribution in [0.1, 0.15) is 56.9 Å². The van der Waals surface area contributed by atoms with Crippen molar-refractivity contribution >= 4 is 15.9 Å². The monoisotopic (exact) mass is 321 g/mol. The van der Waals surface area contributed by atoms with Gasteiger partial charge in [0.1, 0.15) is 0 Å². The van der Waals surface area contributed by atoms with Crippen LogP contribution >= 0.6 is 15.9 Å². The van der Waals surface area contributed by atoms with Gasteiger partial charge in [-0.15, -0.1) is 0 Å². The van der Waals surface area contributed by atoms with E-state index in [0.717, 1.165) is 23.9 Å². The number of rotatable bonds is 3. The third-order valence-electron chi connectivity index (χ3n) is 4.89. The molecule has 1 nitrogen and oxygen atoms in total. The smallest absolute Gasteiger partial charge is 0.0210 e. The molecule has 3 rings (SSSR count). The largest absolute Gasteiger partial charge is 0.311 e. The Morgan fingerprint density at radius 3 is 2.58 bits per heavy atom. The normalized spacial score (nSPS) is 34.8. The maximum absolute atomic E-state index is 3.89. The quantitative estimate of drug-likeness (QED) is 0.838. The Bertz CT molecular complexity index is 425. The molecule has 0 aliphatic heterocycles. The van der Waals surface area contributed by atoms with Crippen LogP contribution in [0, 0.1) is 5.92 Å². The van der Waals surface area contributed by atoms with Gasteiger partial charge in [0.25, 0.3) is 0 Å². The number of hydrogen-bond acceptors (Lipinski definition) is 1. The summed E-state index contributed by atoms with van der Waals surface area (Å²) in [5, 5.41) is 3.89. The summed E-state index contributed by atoms with van der Waals surface area (Å²) < 4.78 is 1.28. The van der Waals surface area contributed by atoms with Gasteiger partial charge in [-0.2, -0.15) is 0 Å². The Morgan fingerprint density at radius 1 is 1.05 bits per heavy atom. The van der Waals surface area contributed by atoms with Crippen LogP contribution in [0.3, 0.4) is 0 Å². The lowest BCUT2D eigenvalue weighted by molar-refractivity contribution is 0.217. The van der Waals surface area contributed by atoms with Crippen LogP contribution in [0.25, 0.3) is 0 Å². The zero-order valence-corrected chi connectivity index (χ0v) is 13.3. The van der Waals surface area contributed by atoms with Gasteiger partial charge < -0.3 is 5.32 Å². The molecule has 2 heteroatoms. The van der Waals surface area contributed by atoms with E-state index in [4.69, 9.17) is 0 Å². The van der Waals surface area contributed by atoms with Crippen molar-refractivity contribution in [2.24, 2.45) is 5.92 Å². The standard InChI is InChI=1S/C17H24BrN/c1-12-5-4-6-14(9-12)19-15-10-13(11-15)16-7-2-3-8-17(16)18/h2-3,7-8,12-15,19H,4-6,9-11H2,1H3. The van der Waals surface area contributed by atoms with Crippen molar-refractivity contribution in [2.75, 3.05) is 0 Å². The molecule has 0 saturated heterocycles. The Balaban J connectivity index is 1.49. The molecule has 2 fully saturated rings. The lowest BCUT2D eigenvalue weighted by atomic mass is 9.75. The minimum Gasteiger partial charge on any atom is -0.311 e. The molecule has 0 aromatic heterocycles. The Kier molecular flexibility index (Phi) is 4.28. The van der Waals surface area contributed by atoms with Crippen molar-refractivity contribution < 1.29 is 0 Å². The van der Waals surface area contributed by atoms with Gasteiger partial charge in [0.15, 0.2) is 0 Å². The molecule has 19 heavy (non-hydrogen) atoms. The van der Waals surface area contributed by atoms with Gasteiger partial charge in [-0.3, -0.25) is 0 Å². The summed E-state index contributed by atoms with van der Waals surface area (Å²) in [4.78, 5) is 0. The topological polar surface area (TPSA) is 12.0 Å². The van der Waals surface area contributed by atoms with Gasteiger partial charge in [-0.1, -0.05) is 53.9 Å². The van der Waals surface area contributed by atoms with E-state index >= 15 is 0 Å². The summed E-state index contributed by atoms with van der Waals surface area (Å²) in [6.07, 6.45) is 8.25. The molecule has 0 radical (unpaired) electrons. The minimum absolute atomic E-state index is 0.757. The van der Waals surface area contributed by atoms with Crippen molar-refractivity contribution in [1.82, 2.24) is 5.32 Å². The second kappa shape index (κ2) is 5.97. The van der Waals surface area contributed by atoms with Gasteiger partial charge in [0.05, 0.1) is 0 Å². The zero-order chi connectivity index (χ0) is 13.2. The molecule has 104 valence electrons. The van der Waals surface area contributed by atoms with Crippen LogP contribution in [-0.4, -0.2) is 12.1 Å². The molecule has 2 aliphatic rings. The molecule has 1 N–H and O–H groups in total. The SMILES string of the molecule is CC1CCCC(NC2CC(c3ccccc3Br)C2)C1. The lowest BCUT2D eigenvalue weighted by Crippen LogP contribution is -2.47. The summed E-state index contributed by atoms with van der Waals surface area (Å²) in [6, 6.07) is 10.2. The zero-order valence-electron chi connectivity index (χ0n) is 11.7. The first-order valence-electron chi connectivity index (χ1n) is 7.73. The molecule has 1 aromatic carbocycles. The highest BCUT2D eigenvalue weighted by atomic mass is 79.9. The summed E-state index contributed by atoms with van der Waals surface area (Å²) in [7, 11) is 0. The second-order valence-electron chi connectivity index (χ2n) is 6.52. The number of benzene rings is 1. The van der Waals surface area contributed by atoms with Crippen LogP contribution < -0.4 is 5.32 Å². The fraction of sp³-hybridized carbons (Fsp3) is 0.647. The molecule has 2 saturated carbocycles. The second-order valence-corrected chi connectivity index (χ2v) is 7.38. The van der Waals surface area contributed by atoms with Crippen molar-refractivity contribution in [2.45, 2.75) is 63.5 Å². The third-order valence-corrected chi connectivity index (χ3v) is 5.61. The van der Waals surface area contributed by atoms with E-state index in [0.29, 0.717) is 0 Å². The fourth-order valence-electron chi connectivity index (χ4n) is 3.73. The molecule has 2 aliphatic carbocycles. The van der Waals surface area contributed by atoms with E-state index in [1.54, 1.807) is 0 Å². The maximum atomic E-state index is 3.89. The predicted octanol–water partition coefficient (Wildman–Crippen LogP) is 4.86. The average Bonchev–Trinajstić information content (AvgIpc) is 2.35. The molecular formula is C17H24BrN. The molecule has 0 amide bonds. The summed E-state index contributed by atoms with van der Waals surface area (Å²) in [5.74, 6) is 1.68. The van der Waals surface area contributed by atoms with E-state index in [1.165, 1.54) is 48.6 Å². The van der Waals surface area contributed by atoms with Gasteiger partial charge in [-0.05, 0) is 49.1 Å². The van der Waals surface area contributed by atoms with Crippen LogP contribution in [0.2, 0.25) is 0 Å². The highest BCUT2D eigenvalue weighted by molar-refractivity contribution is 9.10. The number of nitrogens with one attached hydrogen (secondary N) is 1. The van der Waals surface area contributed by atoms with Crippen LogP contribution in [0.5, 0.6) is 0 Å². The Labute approximate surface area is 125 Å². The van der Waals surface area contributed by atoms with E-state index < -0.39 is 0 Å². The average molecular weight is 322 g/mol. The summed E-state index contributed by atoms with van der Waals surface area (Å²) >= 11 is 3.68. The first-order valence-corrected chi connectivity index (χ1v) is 8.52. The molecule has 2 atom stereocenters. The highest BCUT2D eigenvalue weighted by Gasteiger charge is 2.33. The van der Waals surface area contributed by atoms with E-state index in [-0.39, 0.29) is 0 Å². The lowest BCUT2D eigenvalue weighted by Gasteiger charge is -2.40. The van der Waals surface area contributed by atoms with Crippen LogP contribution in [-0.2, 0) is 0 Å². The van der Waals surface area contributed by atoms with Gasteiger partial charge in [0, 0.05) is 16.6 Å². The number of halogens is 1. The molecule has 1 aromatic rings. The minimum atomic E-state index is 0.757. The Morgan fingerprint density at radius 2 is 1.84 bits per heavy atom. The third kappa shape index (κ3) is 3.22.